The van der Waals surface area contributed by atoms with E-state index in [2.05, 4.69) is 65.3 Å². The summed E-state index contributed by atoms with van der Waals surface area (Å²) in [5, 5.41) is 17.5. The lowest BCUT2D eigenvalue weighted by Crippen LogP contribution is -2.83. The number of amides is 1. The summed E-state index contributed by atoms with van der Waals surface area (Å²) in [6.07, 6.45) is 10.8. The van der Waals surface area contributed by atoms with Crippen LogP contribution < -0.4 is 10.6 Å². The number of Topliss-reactive ketones (excluding diaryl/α,β-unsaturated/α-hetero) is 1. The third-order valence-electron chi connectivity index (χ3n) is 12.8. The Bertz CT molecular complexity index is 1420. The molecular weight excluding hydrogens is 604 g/mol. The van der Waals surface area contributed by atoms with Gasteiger partial charge in [-0.2, -0.15) is 5.26 Å². The van der Waals surface area contributed by atoms with Gasteiger partial charge in [-0.3, -0.25) is 25.1 Å². The number of hydrogen-bond donors (Lipinski definition) is 2. The Morgan fingerprint density at radius 1 is 1.15 bits per heavy atom. The molecule has 2 saturated carbocycles. The summed E-state index contributed by atoms with van der Waals surface area (Å²) >= 11 is 0. The largest absolute Gasteiger partial charge is 0.362 e. The Balaban J connectivity index is 1.26. The summed E-state index contributed by atoms with van der Waals surface area (Å²) in [6.45, 7) is 9.71. The maximum absolute atomic E-state index is 15.7. The number of carbonyl (C=O) groups excluding carboxylic acids is 2. The molecule has 3 saturated heterocycles. The van der Waals surface area contributed by atoms with Gasteiger partial charge in [0, 0.05) is 38.0 Å². The molecule has 0 aromatic heterocycles. The molecule has 7 atom stereocenters. The van der Waals surface area contributed by atoms with E-state index in [0.29, 0.717) is 51.7 Å². The minimum Gasteiger partial charge on any atom is -0.362 e. The zero-order valence-corrected chi connectivity index (χ0v) is 28.9. The molecule has 1 spiro atoms. The van der Waals surface area contributed by atoms with E-state index < -0.39 is 17.5 Å². The first-order valence-corrected chi connectivity index (χ1v) is 18.5. The molecule has 7 rings (SSSR count). The monoisotopic (exact) mass is 658 g/mol. The minimum atomic E-state index is -0.878. The first-order valence-electron chi connectivity index (χ1n) is 18.5. The van der Waals surface area contributed by atoms with E-state index in [1.54, 1.807) is 4.90 Å². The average Bonchev–Trinajstić information content (AvgIpc) is 3.53. The van der Waals surface area contributed by atoms with Gasteiger partial charge in [0.2, 0.25) is 5.91 Å². The molecule has 48 heavy (non-hydrogen) atoms. The Hall–Kier alpha value is -2.65. The summed E-state index contributed by atoms with van der Waals surface area (Å²) in [7, 11) is 2.17. The number of rotatable bonds is 7. The first-order chi connectivity index (χ1) is 23.3. The summed E-state index contributed by atoms with van der Waals surface area (Å²) in [5.74, 6) is 0.232. The second-order valence-corrected chi connectivity index (χ2v) is 15.3. The number of ether oxygens (including phenoxy) is 2. The quantitative estimate of drug-likeness (QED) is 0.425. The number of likely N-dealkylation sites (tertiary alicyclic amines) is 1. The van der Waals surface area contributed by atoms with Crippen molar-refractivity contribution in [2.45, 2.75) is 120 Å². The van der Waals surface area contributed by atoms with E-state index >= 15 is 4.79 Å². The molecule has 0 radical (unpaired) electrons. The normalized spacial score (nSPS) is 36.4. The first kappa shape index (κ1) is 33.8. The number of piperazine rings is 1. The fourth-order valence-corrected chi connectivity index (χ4v) is 10.2. The van der Waals surface area contributed by atoms with Crippen LogP contribution in [0.2, 0.25) is 0 Å². The van der Waals surface area contributed by atoms with Crippen LogP contribution >= 0.6 is 0 Å². The summed E-state index contributed by atoms with van der Waals surface area (Å²) in [5.41, 5.74) is 1.98. The lowest BCUT2D eigenvalue weighted by atomic mass is 9.54. The van der Waals surface area contributed by atoms with E-state index in [0.717, 1.165) is 45.1 Å². The zero-order chi connectivity index (χ0) is 33.5. The third kappa shape index (κ3) is 5.95. The van der Waals surface area contributed by atoms with E-state index in [1.165, 1.54) is 35.6 Å². The molecular formula is C38H54N6O4. The molecule has 0 bridgehead atoms. The Labute approximate surface area is 286 Å². The smallest absolute Gasteiger partial charge is 0.246 e. The van der Waals surface area contributed by atoms with Gasteiger partial charge < -0.3 is 19.3 Å². The van der Waals surface area contributed by atoms with Crippen LogP contribution in [0.15, 0.2) is 30.9 Å². The number of likely N-dealkylation sites (N-methyl/N-ethyl adjacent to an activating group) is 1. The molecule has 2 aliphatic carbocycles. The highest BCUT2D eigenvalue weighted by Gasteiger charge is 2.66. The number of carbonyl (C=O) groups is 2. The Morgan fingerprint density at radius 2 is 1.98 bits per heavy atom. The van der Waals surface area contributed by atoms with Crippen molar-refractivity contribution in [2.24, 2.45) is 11.8 Å². The fourth-order valence-electron chi connectivity index (χ4n) is 10.2. The van der Waals surface area contributed by atoms with E-state index in [1.807, 2.05) is 0 Å². The lowest BCUT2D eigenvalue weighted by Gasteiger charge is -2.62. The van der Waals surface area contributed by atoms with Crippen molar-refractivity contribution in [2.75, 3.05) is 39.8 Å². The number of ketones is 1. The molecule has 260 valence electrons. The molecule has 10 heteroatoms. The van der Waals surface area contributed by atoms with Crippen LogP contribution in [0.1, 0.15) is 80.9 Å². The average molecular weight is 659 g/mol. The van der Waals surface area contributed by atoms with Gasteiger partial charge in [-0.25, -0.2) is 0 Å². The fraction of sp³-hybridized carbons (Fsp3) is 0.711. The number of aryl methyl sites for hydroxylation is 1. The maximum atomic E-state index is 15.7. The van der Waals surface area contributed by atoms with Crippen molar-refractivity contribution in [3.8, 4) is 6.07 Å². The van der Waals surface area contributed by atoms with Gasteiger partial charge in [-0.05, 0) is 87.7 Å². The molecule has 10 nitrogen and oxygen atoms in total. The standard InChI is InChI=1S/C38H54N6O4/c1-4-33(45)44-21-20-43(23-29(44)16-18-39)34-32-15-17-37(22-31-26(2)10-8-11-27(31)24-48-37)35(46)38(32,28-12-6-5-7-13-28)41-36(40-34)47-25-30-14-9-19-42(30)3/h4,8,10-11,28-30,32,34,36,40-41H,1,5-7,9,12-17,19-25H2,2-3H3/t29?,30?,32?,34?,36?,37-,38?/m1/s1. The van der Waals surface area contributed by atoms with E-state index in [9.17, 15) is 10.1 Å². The van der Waals surface area contributed by atoms with Crippen LogP contribution in [0.25, 0.3) is 0 Å². The van der Waals surface area contributed by atoms with Gasteiger partial charge >= 0.3 is 0 Å². The predicted octanol–water partition coefficient (Wildman–Crippen LogP) is 3.63. The zero-order valence-electron chi connectivity index (χ0n) is 28.9. The molecule has 5 fully saturated rings. The number of fused-ring (bicyclic) bond motifs is 2. The molecule has 4 aliphatic heterocycles. The van der Waals surface area contributed by atoms with Gasteiger partial charge in [0.15, 0.2) is 12.1 Å². The van der Waals surface area contributed by atoms with E-state index in [4.69, 9.17) is 9.47 Å². The topological polar surface area (TPSA) is 110 Å². The molecule has 6 aliphatic rings. The Morgan fingerprint density at radius 3 is 2.73 bits per heavy atom. The Kier molecular flexibility index (Phi) is 9.82. The number of hydrogen-bond acceptors (Lipinski definition) is 9. The molecule has 1 aromatic rings. The van der Waals surface area contributed by atoms with Crippen molar-refractivity contribution in [3.63, 3.8) is 0 Å². The van der Waals surface area contributed by atoms with Gasteiger partial charge in [-0.1, -0.05) is 44.0 Å². The lowest BCUT2D eigenvalue weighted by molar-refractivity contribution is -0.197. The highest BCUT2D eigenvalue weighted by molar-refractivity contribution is 5.98. The molecule has 6 unspecified atom stereocenters. The molecule has 4 heterocycles. The van der Waals surface area contributed by atoms with Crippen molar-refractivity contribution >= 4 is 11.7 Å². The SMILES string of the molecule is C=CC(=O)N1CCN(C2NC(OCC3CCCN3C)NC3(C4CCCCC4)C(=O)[C@@]4(CCC23)Cc2c(C)cccc2CO4)CC1CC#N. The van der Waals surface area contributed by atoms with Crippen LogP contribution in [-0.4, -0.2) is 102 Å². The van der Waals surface area contributed by atoms with Gasteiger partial charge in [0.05, 0.1) is 43.5 Å². The predicted molar refractivity (Wildman–Crippen MR) is 182 cm³/mol. The number of nitrogens with zero attached hydrogens (tertiary/aromatic N) is 4. The number of benzene rings is 1. The highest BCUT2D eigenvalue weighted by Crippen LogP contribution is 2.52. The van der Waals surface area contributed by atoms with Crippen molar-refractivity contribution in [3.05, 3.63) is 47.5 Å². The van der Waals surface area contributed by atoms with Crippen LogP contribution in [0.3, 0.4) is 0 Å². The van der Waals surface area contributed by atoms with E-state index in [-0.39, 0.29) is 42.2 Å². The number of nitrogens with one attached hydrogen (secondary N) is 2. The molecule has 2 N–H and O–H groups in total. The summed E-state index contributed by atoms with van der Waals surface area (Å²) in [4.78, 5) is 35.1. The van der Waals surface area contributed by atoms with Crippen LogP contribution in [0.5, 0.6) is 0 Å². The number of nitriles is 1. The van der Waals surface area contributed by atoms with Crippen LogP contribution in [0.4, 0.5) is 0 Å². The van der Waals surface area contributed by atoms with Crippen LogP contribution in [-0.2, 0) is 32.1 Å². The van der Waals surface area contributed by atoms with Crippen molar-refractivity contribution < 1.29 is 19.1 Å². The minimum absolute atomic E-state index is 0.0148. The van der Waals surface area contributed by atoms with Crippen molar-refractivity contribution in [1.82, 2.24) is 25.3 Å². The summed E-state index contributed by atoms with van der Waals surface area (Å²) in [6, 6.07) is 8.80. The van der Waals surface area contributed by atoms with Crippen molar-refractivity contribution in [1.29, 1.82) is 5.26 Å². The van der Waals surface area contributed by atoms with Gasteiger partial charge in [0.1, 0.15) is 5.60 Å². The van der Waals surface area contributed by atoms with Crippen LogP contribution in [0, 0.1) is 30.1 Å². The molecule has 1 aromatic carbocycles. The van der Waals surface area contributed by atoms with Gasteiger partial charge in [0.25, 0.3) is 0 Å². The van der Waals surface area contributed by atoms with Gasteiger partial charge in [-0.15, -0.1) is 0 Å². The second-order valence-electron chi connectivity index (χ2n) is 15.3. The summed E-state index contributed by atoms with van der Waals surface area (Å²) < 4.78 is 13.5. The third-order valence-corrected chi connectivity index (χ3v) is 12.8. The molecule has 1 amide bonds. The maximum Gasteiger partial charge on any atom is 0.246 e. The highest BCUT2D eigenvalue weighted by atomic mass is 16.5. The second kappa shape index (κ2) is 13.9.